The molecule has 2 unspecified atom stereocenters. The van der Waals surface area contributed by atoms with Gasteiger partial charge in [0.25, 0.3) is 0 Å². The summed E-state index contributed by atoms with van der Waals surface area (Å²) in [5.74, 6) is 0.826. The van der Waals surface area contributed by atoms with Gasteiger partial charge in [0.1, 0.15) is 5.75 Å². The summed E-state index contributed by atoms with van der Waals surface area (Å²) in [6.45, 7) is 4.82. The molecule has 0 aromatic heterocycles. The molecule has 0 heterocycles. The number of rotatable bonds is 8. The minimum atomic E-state index is -0.0488. The number of hydrogen-bond acceptors (Lipinski definition) is 3. The van der Waals surface area contributed by atoms with E-state index < -0.39 is 0 Å². The van der Waals surface area contributed by atoms with E-state index >= 15 is 0 Å². The Hall–Kier alpha value is -0.770. The van der Waals surface area contributed by atoms with Crippen LogP contribution < -0.4 is 10.5 Å². The molecule has 0 amide bonds. The van der Waals surface area contributed by atoms with Gasteiger partial charge < -0.3 is 15.2 Å². The largest absolute Gasteiger partial charge is 0.496 e. The van der Waals surface area contributed by atoms with Gasteiger partial charge in [-0.15, -0.1) is 0 Å². The zero-order valence-electron chi connectivity index (χ0n) is 12.0. The third kappa shape index (κ3) is 5.01. The van der Waals surface area contributed by atoms with Crippen molar-refractivity contribution < 1.29 is 9.47 Å². The fourth-order valence-corrected chi connectivity index (χ4v) is 2.41. The Bertz CT molecular complexity index is 378. The SMILES string of the molecule is CCCC(OCC)C(N)Cc1cc(Cl)ccc1OC. The molecule has 0 saturated carbocycles. The van der Waals surface area contributed by atoms with E-state index in [1.165, 1.54) is 0 Å². The molecule has 19 heavy (non-hydrogen) atoms. The highest BCUT2D eigenvalue weighted by Crippen LogP contribution is 2.24. The minimum absolute atomic E-state index is 0.0488. The van der Waals surface area contributed by atoms with Gasteiger partial charge in [0.05, 0.1) is 13.2 Å². The van der Waals surface area contributed by atoms with Gasteiger partial charge in [0.2, 0.25) is 0 Å². The summed E-state index contributed by atoms with van der Waals surface area (Å²) in [6.07, 6.45) is 2.82. The van der Waals surface area contributed by atoms with Crippen molar-refractivity contribution in [3.8, 4) is 5.75 Å². The Morgan fingerprint density at radius 3 is 2.63 bits per heavy atom. The van der Waals surface area contributed by atoms with Gasteiger partial charge in [-0.25, -0.2) is 0 Å². The van der Waals surface area contributed by atoms with Gasteiger partial charge in [-0.05, 0) is 43.5 Å². The van der Waals surface area contributed by atoms with Gasteiger partial charge in [0, 0.05) is 17.7 Å². The van der Waals surface area contributed by atoms with Gasteiger partial charge in [-0.1, -0.05) is 24.9 Å². The zero-order chi connectivity index (χ0) is 14.3. The van der Waals surface area contributed by atoms with E-state index in [4.69, 9.17) is 26.8 Å². The molecule has 2 atom stereocenters. The number of halogens is 1. The molecule has 0 aliphatic carbocycles. The zero-order valence-corrected chi connectivity index (χ0v) is 12.7. The molecular weight excluding hydrogens is 262 g/mol. The molecule has 108 valence electrons. The van der Waals surface area contributed by atoms with Crippen molar-refractivity contribution in [2.45, 2.75) is 45.3 Å². The molecule has 1 aromatic rings. The van der Waals surface area contributed by atoms with Gasteiger partial charge in [-0.3, -0.25) is 0 Å². The first-order chi connectivity index (χ1) is 9.12. The lowest BCUT2D eigenvalue weighted by Crippen LogP contribution is -2.38. The van der Waals surface area contributed by atoms with E-state index in [9.17, 15) is 0 Å². The third-order valence-corrected chi connectivity index (χ3v) is 3.36. The van der Waals surface area contributed by atoms with Crippen LogP contribution in [0.5, 0.6) is 5.75 Å². The number of benzene rings is 1. The number of methoxy groups -OCH3 is 1. The van der Waals surface area contributed by atoms with Crippen LogP contribution in [0.3, 0.4) is 0 Å². The van der Waals surface area contributed by atoms with Crippen LogP contribution in [0.2, 0.25) is 5.02 Å². The first kappa shape index (κ1) is 16.3. The van der Waals surface area contributed by atoms with Crippen molar-refractivity contribution in [2.24, 2.45) is 5.73 Å². The first-order valence-corrected chi connectivity index (χ1v) is 7.19. The summed E-state index contributed by atoms with van der Waals surface area (Å²) in [5.41, 5.74) is 7.30. The summed E-state index contributed by atoms with van der Waals surface area (Å²) in [6, 6.07) is 5.56. The summed E-state index contributed by atoms with van der Waals surface area (Å²) >= 11 is 6.03. The first-order valence-electron chi connectivity index (χ1n) is 6.81. The van der Waals surface area contributed by atoms with E-state index in [-0.39, 0.29) is 12.1 Å². The number of ether oxygens (including phenoxy) is 2. The van der Waals surface area contributed by atoms with Crippen LogP contribution in [-0.2, 0) is 11.2 Å². The van der Waals surface area contributed by atoms with Crippen molar-refractivity contribution in [2.75, 3.05) is 13.7 Å². The molecule has 0 aliphatic heterocycles. The van der Waals surface area contributed by atoms with Gasteiger partial charge >= 0.3 is 0 Å². The smallest absolute Gasteiger partial charge is 0.122 e. The van der Waals surface area contributed by atoms with Crippen LogP contribution >= 0.6 is 11.6 Å². The molecule has 1 aromatic carbocycles. The molecule has 3 nitrogen and oxygen atoms in total. The summed E-state index contributed by atoms with van der Waals surface area (Å²) in [7, 11) is 1.66. The lowest BCUT2D eigenvalue weighted by atomic mass is 9.98. The molecule has 1 rings (SSSR count). The van der Waals surface area contributed by atoms with Crippen molar-refractivity contribution >= 4 is 11.6 Å². The molecule has 0 aliphatic rings. The maximum Gasteiger partial charge on any atom is 0.122 e. The normalized spacial score (nSPS) is 14.2. The Labute approximate surface area is 121 Å². The van der Waals surface area contributed by atoms with E-state index in [1.54, 1.807) is 7.11 Å². The van der Waals surface area contributed by atoms with Crippen molar-refractivity contribution in [1.29, 1.82) is 0 Å². The fraction of sp³-hybridized carbons (Fsp3) is 0.600. The second-order valence-electron chi connectivity index (χ2n) is 4.61. The van der Waals surface area contributed by atoms with E-state index in [0.717, 1.165) is 24.2 Å². The monoisotopic (exact) mass is 285 g/mol. The maximum atomic E-state index is 6.27. The van der Waals surface area contributed by atoms with Crippen LogP contribution in [0.1, 0.15) is 32.3 Å². The molecule has 2 N–H and O–H groups in total. The highest BCUT2D eigenvalue weighted by atomic mass is 35.5. The topological polar surface area (TPSA) is 44.5 Å². The Morgan fingerprint density at radius 2 is 2.05 bits per heavy atom. The molecular formula is C15H24ClNO2. The van der Waals surface area contributed by atoms with E-state index in [1.807, 2.05) is 25.1 Å². The average molecular weight is 286 g/mol. The maximum absolute atomic E-state index is 6.27. The molecule has 0 saturated heterocycles. The predicted molar refractivity (Wildman–Crippen MR) is 80.0 cm³/mol. The van der Waals surface area contributed by atoms with Gasteiger partial charge in [0.15, 0.2) is 0 Å². The van der Waals surface area contributed by atoms with Crippen molar-refractivity contribution in [3.63, 3.8) is 0 Å². The lowest BCUT2D eigenvalue weighted by molar-refractivity contribution is 0.0377. The molecule has 0 bridgehead atoms. The summed E-state index contributed by atoms with van der Waals surface area (Å²) in [5, 5.41) is 0.700. The molecule has 0 radical (unpaired) electrons. The third-order valence-electron chi connectivity index (χ3n) is 3.13. The average Bonchev–Trinajstić information content (AvgIpc) is 2.38. The Kier molecular flexibility index (Phi) is 7.21. The Morgan fingerprint density at radius 1 is 1.32 bits per heavy atom. The second kappa shape index (κ2) is 8.41. The second-order valence-corrected chi connectivity index (χ2v) is 5.04. The highest BCUT2D eigenvalue weighted by Gasteiger charge is 2.19. The summed E-state index contributed by atoms with van der Waals surface area (Å²) < 4.78 is 11.1. The van der Waals surface area contributed by atoms with Crippen LogP contribution in [-0.4, -0.2) is 25.9 Å². The number of hydrogen-bond donors (Lipinski definition) is 1. The van der Waals surface area contributed by atoms with Crippen LogP contribution in [0.15, 0.2) is 18.2 Å². The van der Waals surface area contributed by atoms with E-state index in [0.29, 0.717) is 18.1 Å². The highest BCUT2D eigenvalue weighted by molar-refractivity contribution is 6.30. The lowest BCUT2D eigenvalue weighted by Gasteiger charge is -2.24. The van der Waals surface area contributed by atoms with Gasteiger partial charge in [-0.2, -0.15) is 0 Å². The quantitative estimate of drug-likeness (QED) is 0.796. The molecule has 4 heteroatoms. The van der Waals surface area contributed by atoms with E-state index in [2.05, 4.69) is 6.92 Å². The molecule has 0 spiro atoms. The number of nitrogens with two attached hydrogens (primary N) is 1. The van der Waals surface area contributed by atoms with Crippen molar-refractivity contribution in [3.05, 3.63) is 28.8 Å². The minimum Gasteiger partial charge on any atom is -0.496 e. The Balaban J connectivity index is 2.78. The standard InChI is InChI=1S/C15H24ClNO2/c1-4-6-15(19-5-2)13(17)10-11-9-12(16)7-8-14(11)18-3/h7-9,13,15H,4-6,10,17H2,1-3H3. The predicted octanol–water partition coefficient (Wildman–Crippen LogP) is 3.42. The van der Waals surface area contributed by atoms with Crippen molar-refractivity contribution in [1.82, 2.24) is 0 Å². The van der Waals surface area contributed by atoms with Crippen LogP contribution in [0.4, 0.5) is 0 Å². The van der Waals surface area contributed by atoms with Crippen LogP contribution in [0, 0.1) is 0 Å². The molecule has 0 fully saturated rings. The fourth-order valence-electron chi connectivity index (χ4n) is 2.21. The van der Waals surface area contributed by atoms with Crippen LogP contribution in [0.25, 0.3) is 0 Å². The summed E-state index contributed by atoms with van der Waals surface area (Å²) in [4.78, 5) is 0.